The van der Waals surface area contributed by atoms with Crippen molar-refractivity contribution in [1.82, 2.24) is 10.7 Å². The molecule has 210 valence electrons. The average Bonchev–Trinajstić information content (AvgIpc) is 2.93. The Morgan fingerprint density at radius 3 is 2.42 bits per heavy atom. The summed E-state index contributed by atoms with van der Waals surface area (Å²) < 4.78 is 11.9. The van der Waals surface area contributed by atoms with Gasteiger partial charge in [-0.15, -0.1) is 0 Å². The lowest BCUT2D eigenvalue weighted by molar-refractivity contribution is -0.139. The lowest BCUT2D eigenvalue weighted by Crippen LogP contribution is -2.37. The number of anilines is 1. The number of hydrogen-bond acceptors (Lipinski definition) is 6. The molecule has 0 aromatic heterocycles. The quantitative estimate of drug-likeness (QED) is 0.125. The third-order valence-electron chi connectivity index (χ3n) is 6.16. The van der Waals surface area contributed by atoms with Crippen LogP contribution < -0.4 is 25.5 Å². The summed E-state index contributed by atoms with van der Waals surface area (Å²) in [6.45, 7) is 8.16. The summed E-state index contributed by atoms with van der Waals surface area (Å²) in [5.74, 6) is -0.765. The van der Waals surface area contributed by atoms with E-state index in [1.807, 2.05) is 56.3 Å². The molecule has 0 heterocycles. The van der Waals surface area contributed by atoms with E-state index in [9.17, 15) is 14.4 Å². The Balaban J connectivity index is 1.54. The van der Waals surface area contributed by atoms with Crippen LogP contribution in [-0.4, -0.2) is 37.7 Å². The first-order valence-corrected chi connectivity index (χ1v) is 13.7. The minimum absolute atomic E-state index is 0.208. The first-order valence-electron chi connectivity index (χ1n) is 12.7. The third-order valence-corrected chi connectivity index (χ3v) is 6.96. The lowest BCUT2D eigenvalue weighted by Gasteiger charge is -2.14. The van der Waals surface area contributed by atoms with E-state index in [-0.39, 0.29) is 19.1 Å². The lowest BCUT2D eigenvalue weighted by atomic mass is 10.0. The van der Waals surface area contributed by atoms with Crippen LogP contribution in [0.1, 0.15) is 47.6 Å². The van der Waals surface area contributed by atoms with Gasteiger partial charge in [-0.05, 0) is 88.4 Å². The summed E-state index contributed by atoms with van der Waals surface area (Å²) in [6.07, 6.45) is 1.39. The Bertz CT molecular complexity index is 1400. The standard InChI is InChI=1S/C30H33IN4O5/c1-18(2)23-11-9-21(10-12-23)15-32-29(37)30(38)35-33-16-22-13-24(31)28(26(14-22)39-5)40-17-27(36)34-25-8-6-7-19(3)20(25)4/h6-14,16,18H,15,17H2,1-5H3,(H,32,37)(H,34,36)(H,35,38)/b33-16-. The van der Waals surface area contributed by atoms with Gasteiger partial charge in [0, 0.05) is 12.2 Å². The molecule has 0 unspecified atom stereocenters. The van der Waals surface area contributed by atoms with Gasteiger partial charge in [0.25, 0.3) is 5.91 Å². The Morgan fingerprint density at radius 2 is 1.75 bits per heavy atom. The van der Waals surface area contributed by atoms with E-state index >= 15 is 0 Å². The Labute approximate surface area is 247 Å². The van der Waals surface area contributed by atoms with E-state index in [0.29, 0.717) is 26.6 Å². The van der Waals surface area contributed by atoms with Gasteiger partial charge in [-0.25, -0.2) is 5.43 Å². The van der Waals surface area contributed by atoms with E-state index in [0.717, 1.165) is 22.4 Å². The normalized spacial score (nSPS) is 10.9. The number of hydrogen-bond donors (Lipinski definition) is 3. The van der Waals surface area contributed by atoms with Crippen LogP contribution in [0, 0.1) is 17.4 Å². The van der Waals surface area contributed by atoms with Gasteiger partial charge in [-0.3, -0.25) is 14.4 Å². The molecule has 0 aliphatic rings. The summed E-state index contributed by atoms with van der Waals surface area (Å²) in [6, 6.07) is 16.9. The highest BCUT2D eigenvalue weighted by atomic mass is 127. The fourth-order valence-corrected chi connectivity index (χ4v) is 4.45. The first-order chi connectivity index (χ1) is 19.1. The molecule has 0 fully saturated rings. The van der Waals surface area contributed by atoms with Crippen molar-refractivity contribution >= 4 is 52.2 Å². The van der Waals surface area contributed by atoms with Crippen molar-refractivity contribution in [3.63, 3.8) is 0 Å². The molecule has 0 saturated heterocycles. The molecule has 0 aliphatic heterocycles. The second-order valence-corrected chi connectivity index (χ2v) is 10.6. The van der Waals surface area contributed by atoms with Crippen LogP contribution in [0.5, 0.6) is 11.5 Å². The number of carbonyl (C=O) groups is 3. The van der Waals surface area contributed by atoms with Crippen molar-refractivity contribution < 1.29 is 23.9 Å². The zero-order chi connectivity index (χ0) is 29.2. The van der Waals surface area contributed by atoms with E-state index < -0.39 is 11.8 Å². The molecule has 0 spiro atoms. The van der Waals surface area contributed by atoms with Crippen LogP contribution in [0.25, 0.3) is 0 Å². The minimum Gasteiger partial charge on any atom is -0.493 e. The molecule has 0 bridgehead atoms. The van der Waals surface area contributed by atoms with Crippen LogP contribution in [0.15, 0.2) is 59.7 Å². The molecule has 0 radical (unpaired) electrons. The molecule has 10 heteroatoms. The van der Waals surface area contributed by atoms with Gasteiger partial charge >= 0.3 is 11.8 Å². The summed E-state index contributed by atoms with van der Waals surface area (Å²) in [4.78, 5) is 36.8. The molecule has 3 aromatic carbocycles. The monoisotopic (exact) mass is 656 g/mol. The van der Waals surface area contributed by atoms with Gasteiger partial charge in [0.2, 0.25) is 0 Å². The first kappa shape index (κ1) is 30.6. The van der Waals surface area contributed by atoms with Crippen molar-refractivity contribution in [2.24, 2.45) is 5.10 Å². The molecule has 0 saturated carbocycles. The highest BCUT2D eigenvalue weighted by Crippen LogP contribution is 2.33. The van der Waals surface area contributed by atoms with Gasteiger partial charge in [0.05, 0.1) is 16.9 Å². The van der Waals surface area contributed by atoms with Crippen LogP contribution >= 0.6 is 22.6 Å². The van der Waals surface area contributed by atoms with Crippen LogP contribution in [0.4, 0.5) is 5.69 Å². The molecule has 3 N–H and O–H groups in total. The number of ether oxygens (including phenoxy) is 2. The van der Waals surface area contributed by atoms with Crippen LogP contribution in [-0.2, 0) is 20.9 Å². The number of hydrazone groups is 1. The van der Waals surface area contributed by atoms with Gasteiger partial charge < -0.3 is 20.1 Å². The zero-order valence-electron chi connectivity index (χ0n) is 23.1. The predicted molar refractivity (Wildman–Crippen MR) is 164 cm³/mol. The fourth-order valence-electron chi connectivity index (χ4n) is 3.66. The number of amides is 3. The summed E-state index contributed by atoms with van der Waals surface area (Å²) >= 11 is 2.06. The maximum absolute atomic E-state index is 12.5. The molecule has 0 aliphatic carbocycles. The summed E-state index contributed by atoms with van der Waals surface area (Å²) in [5, 5.41) is 9.32. The SMILES string of the molecule is COc1cc(/C=N\NC(=O)C(=O)NCc2ccc(C(C)C)cc2)cc(I)c1OCC(=O)Nc1cccc(C)c1C. The van der Waals surface area contributed by atoms with E-state index in [1.54, 1.807) is 12.1 Å². The second kappa shape index (κ2) is 14.5. The highest BCUT2D eigenvalue weighted by molar-refractivity contribution is 14.1. The predicted octanol–water partition coefficient (Wildman–Crippen LogP) is 4.82. The molecular weight excluding hydrogens is 623 g/mol. The van der Waals surface area contributed by atoms with Gasteiger partial charge in [-0.1, -0.05) is 50.2 Å². The number of halogens is 1. The molecule has 3 aromatic rings. The van der Waals surface area contributed by atoms with E-state index in [1.165, 1.54) is 18.9 Å². The van der Waals surface area contributed by atoms with Crippen molar-refractivity contribution in [3.8, 4) is 11.5 Å². The second-order valence-electron chi connectivity index (χ2n) is 9.40. The number of aryl methyl sites for hydroxylation is 1. The van der Waals surface area contributed by atoms with Gasteiger partial charge in [0.15, 0.2) is 18.1 Å². The topological polar surface area (TPSA) is 118 Å². The smallest absolute Gasteiger partial charge is 0.329 e. The van der Waals surface area contributed by atoms with Crippen molar-refractivity contribution in [1.29, 1.82) is 0 Å². The number of benzene rings is 3. The van der Waals surface area contributed by atoms with Crippen LogP contribution in [0.3, 0.4) is 0 Å². The Kier molecular flexibility index (Phi) is 11.1. The van der Waals surface area contributed by atoms with Crippen molar-refractivity contribution in [3.05, 3.63) is 86.0 Å². The van der Waals surface area contributed by atoms with Crippen molar-refractivity contribution in [2.75, 3.05) is 19.0 Å². The highest BCUT2D eigenvalue weighted by Gasteiger charge is 2.15. The number of rotatable bonds is 10. The third kappa shape index (κ3) is 8.54. The van der Waals surface area contributed by atoms with Crippen LogP contribution in [0.2, 0.25) is 0 Å². The minimum atomic E-state index is -0.883. The summed E-state index contributed by atoms with van der Waals surface area (Å²) in [7, 11) is 1.48. The number of nitrogens with one attached hydrogen (secondary N) is 3. The van der Waals surface area contributed by atoms with Crippen molar-refractivity contribution in [2.45, 2.75) is 40.2 Å². The van der Waals surface area contributed by atoms with Gasteiger partial charge in [-0.2, -0.15) is 5.10 Å². The zero-order valence-corrected chi connectivity index (χ0v) is 25.3. The number of carbonyl (C=O) groups excluding carboxylic acids is 3. The Hall–Kier alpha value is -3.93. The fraction of sp³-hybridized carbons (Fsp3) is 0.267. The number of methoxy groups -OCH3 is 1. The van der Waals surface area contributed by atoms with Gasteiger partial charge in [0.1, 0.15) is 0 Å². The molecular formula is C30H33IN4O5. The van der Waals surface area contributed by atoms with E-state index in [2.05, 4.69) is 57.6 Å². The molecule has 0 atom stereocenters. The molecule has 3 amide bonds. The molecule has 9 nitrogen and oxygen atoms in total. The summed E-state index contributed by atoms with van der Waals surface area (Å²) in [5.41, 5.74) is 7.72. The molecule has 3 rings (SSSR count). The van der Waals surface area contributed by atoms with E-state index in [4.69, 9.17) is 9.47 Å². The maximum Gasteiger partial charge on any atom is 0.329 e. The number of nitrogens with zero attached hydrogens (tertiary/aromatic N) is 1. The molecule has 40 heavy (non-hydrogen) atoms. The average molecular weight is 657 g/mol. The largest absolute Gasteiger partial charge is 0.493 e. The Morgan fingerprint density at radius 1 is 1.02 bits per heavy atom. The maximum atomic E-state index is 12.5.